The molecule has 5 nitrogen and oxygen atoms in total. The van der Waals surface area contributed by atoms with Gasteiger partial charge >= 0.3 is 11.9 Å². The minimum atomic E-state index is -2.07. The van der Waals surface area contributed by atoms with Crippen molar-refractivity contribution < 1.29 is 24.2 Å². The maximum Gasteiger partial charge on any atom is 0.318 e. The van der Waals surface area contributed by atoms with Gasteiger partial charge in [-0.05, 0) is 0 Å². The predicted molar refractivity (Wildman–Crippen MR) is 50.9 cm³/mol. The standard InChI is InChI=1S/C7H5Cl3O5/c8-7(9,10)5-4(13)2(1-3(11)12)6(14)15-5/h2,5H,1H2,(H,11,12)/t2-,5-/m0/s1. The number of hydrogen-bond acceptors (Lipinski definition) is 4. The lowest BCUT2D eigenvalue weighted by atomic mass is 10.0. The summed E-state index contributed by atoms with van der Waals surface area (Å²) in [6, 6.07) is 0. The number of carboxylic acid groups (broad SMARTS) is 1. The molecule has 1 N–H and O–H groups in total. The summed E-state index contributed by atoms with van der Waals surface area (Å²) < 4.78 is 2.43. The largest absolute Gasteiger partial charge is 0.481 e. The molecule has 1 aliphatic heterocycles. The molecule has 0 unspecified atom stereocenters. The van der Waals surface area contributed by atoms with Gasteiger partial charge in [-0.3, -0.25) is 14.4 Å². The Bertz CT molecular complexity index is 321. The van der Waals surface area contributed by atoms with E-state index in [1.165, 1.54) is 0 Å². The SMILES string of the molecule is O=C(O)C[C@@H]1C(=O)O[C@H](C(Cl)(Cl)Cl)C1=O. The van der Waals surface area contributed by atoms with Gasteiger partial charge in [-0.25, -0.2) is 0 Å². The molecule has 0 aliphatic carbocycles. The van der Waals surface area contributed by atoms with Crippen molar-refractivity contribution in [3.63, 3.8) is 0 Å². The molecule has 0 aromatic heterocycles. The monoisotopic (exact) mass is 274 g/mol. The molecule has 84 valence electrons. The topological polar surface area (TPSA) is 80.7 Å². The smallest absolute Gasteiger partial charge is 0.318 e. The first-order valence-corrected chi connectivity index (χ1v) is 4.89. The van der Waals surface area contributed by atoms with Crippen LogP contribution in [0.25, 0.3) is 0 Å². The molecule has 1 fully saturated rings. The van der Waals surface area contributed by atoms with Crippen LogP contribution in [0.2, 0.25) is 0 Å². The number of esters is 1. The number of Topliss-reactive ketones (excluding diaryl/α,β-unsaturated/α-hetero) is 1. The second-order valence-corrected chi connectivity index (χ2v) is 5.28. The minimum absolute atomic E-state index is 0.658. The van der Waals surface area contributed by atoms with E-state index < -0.39 is 40.0 Å². The number of rotatable bonds is 2. The van der Waals surface area contributed by atoms with Crippen LogP contribution in [0.4, 0.5) is 0 Å². The zero-order valence-corrected chi connectivity index (χ0v) is 9.34. The van der Waals surface area contributed by atoms with Crippen LogP contribution in [-0.4, -0.2) is 32.7 Å². The van der Waals surface area contributed by atoms with E-state index in [4.69, 9.17) is 39.9 Å². The fourth-order valence-corrected chi connectivity index (χ4v) is 1.60. The van der Waals surface area contributed by atoms with E-state index >= 15 is 0 Å². The molecule has 0 radical (unpaired) electrons. The molecular weight excluding hydrogens is 270 g/mol. The summed E-state index contributed by atoms with van der Waals surface area (Å²) >= 11 is 16.2. The number of hydrogen-bond donors (Lipinski definition) is 1. The maximum absolute atomic E-state index is 11.4. The van der Waals surface area contributed by atoms with Gasteiger partial charge in [0.05, 0.1) is 6.42 Å². The molecule has 0 spiro atoms. The first-order chi connectivity index (χ1) is 6.73. The minimum Gasteiger partial charge on any atom is -0.481 e. The molecule has 1 saturated heterocycles. The van der Waals surface area contributed by atoms with E-state index in [0.717, 1.165) is 0 Å². The summed E-state index contributed by atoms with van der Waals surface area (Å²) in [5.41, 5.74) is 0. The number of carbonyl (C=O) groups excluding carboxylic acids is 2. The summed E-state index contributed by atoms with van der Waals surface area (Å²) in [7, 11) is 0. The lowest BCUT2D eigenvalue weighted by Gasteiger charge is -2.15. The van der Waals surface area contributed by atoms with Gasteiger partial charge in [0.25, 0.3) is 0 Å². The van der Waals surface area contributed by atoms with Crippen molar-refractivity contribution in [3.05, 3.63) is 0 Å². The average molecular weight is 275 g/mol. The highest BCUT2D eigenvalue weighted by molar-refractivity contribution is 6.69. The zero-order chi connectivity index (χ0) is 11.8. The first-order valence-electron chi connectivity index (χ1n) is 3.76. The predicted octanol–water partition coefficient (Wildman–Crippen LogP) is 0.942. The number of carboxylic acids is 1. The Morgan fingerprint density at radius 2 is 1.93 bits per heavy atom. The quantitative estimate of drug-likeness (QED) is 0.461. The number of halogens is 3. The van der Waals surface area contributed by atoms with Gasteiger partial charge in [0.15, 0.2) is 5.78 Å². The summed E-state index contributed by atoms with van der Waals surface area (Å²) in [4.78, 5) is 32.9. The molecule has 0 bridgehead atoms. The molecule has 0 aromatic carbocycles. The number of ether oxygens (including phenoxy) is 1. The Morgan fingerprint density at radius 1 is 1.40 bits per heavy atom. The van der Waals surface area contributed by atoms with Crippen LogP contribution in [0.3, 0.4) is 0 Å². The van der Waals surface area contributed by atoms with Crippen molar-refractivity contribution >= 4 is 52.5 Å². The van der Waals surface area contributed by atoms with Crippen LogP contribution < -0.4 is 0 Å². The van der Waals surface area contributed by atoms with Gasteiger partial charge in [-0.1, -0.05) is 34.8 Å². The van der Waals surface area contributed by atoms with Crippen molar-refractivity contribution in [2.24, 2.45) is 5.92 Å². The van der Waals surface area contributed by atoms with Gasteiger partial charge < -0.3 is 9.84 Å². The van der Waals surface area contributed by atoms with Gasteiger partial charge in [-0.2, -0.15) is 0 Å². The second kappa shape index (κ2) is 4.15. The highest BCUT2D eigenvalue weighted by atomic mass is 35.6. The second-order valence-electron chi connectivity index (χ2n) is 2.91. The summed E-state index contributed by atoms with van der Waals surface area (Å²) in [5.74, 6) is -4.47. The van der Waals surface area contributed by atoms with Crippen molar-refractivity contribution in [2.75, 3.05) is 0 Å². The fourth-order valence-electron chi connectivity index (χ4n) is 1.14. The van der Waals surface area contributed by atoms with Crippen molar-refractivity contribution in [1.29, 1.82) is 0 Å². The van der Waals surface area contributed by atoms with Crippen molar-refractivity contribution in [2.45, 2.75) is 16.3 Å². The van der Waals surface area contributed by atoms with Crippen molar-refractivity contribution in [3.8, 4) is 0 Å². The highest BCUT2D eigenvalue weighted by Crippen LogP contribution is 2.38. The van der Waals surface area contributed by atoms with Gasteiger partial charge in [0.1, 0.15) is 5.92 Å². The first kappa shape index (κ1) is 12.5. The molecule has 1 rings (SSSR count). The molecule has 0 amide bonds. The molecule has 1 heterocycles. The average Bonchev–Trinajstić information content (AvgIpc) is 2.30. The van der Waals surface area contributed by atoms with Gasteiger partial charge in [0, 0.05) is 0 Å². The van der Waals surface area contributed by atoms with Crippen LogP contribution >= 0.6 is 34.8 Å². The summed E-state index contributed by atoms with van der Waals surface area (Å²) in [5, 5.41) is 8.44. The van der Waals surface area contributed by atoms with E-state index in [-0.39, 0.29) is 0 Å². The molecule has 0 saturated carbocycles. The maximum atomic E-state index is 11.4. The highest BCUT2D eigenvalue weighted by Gasteiger charge is 2.53. The number of carbonyl (C=O) groups is 3. The van der Waals surface area contributed by atoms with Gasteiger partial charge in [0.2, 0.25) is 9.90 Å². The Hall–Kier alpha value is -0.520. The van der Waals surface area contributed by atoms with Crippen LogP contribution in [0.5, 0.6) is 0 Å². The number of ketones is 1. The normalized spacial score (nSPS) is 26.6. The van der Waals surface area contributed by atoms with E-state index in [9.17, 15) is 14.4 Å². The molecular formula is C7H5Cl3O5. The third-order valence-electron chi connectivity index (χ3n) is 1.80. The Balaban J connectivity index is 2.84. The van der Waals surface area contributed by atoms with Crippen LogP contribution in [0.15, 0.2) is 0 Å². The number of aliphatic carboxylic acids is 1. The fraction of sp³-hybridized carbons (Fsp3) is 0.571. The molecule has 8 heteroatoms. The van der Waals surface area contributed by atoms with Crippen molar-refractivity contribution in [1.82, 2.24) is 0 Å². The molecule has 2 atom stereocenters. The third kappa shape index (κ3) is 2.74. The Labute approximate surface area is 99.2 Å². The lowest BCUT2D eigenvalue weighted by Crippen LogP contribution is -2.33. The molecule has 0 aromatic rings. The van der Waals surface area contributed by atoms with Crippen LogP contribution in [0, 0.1) is 5.92 Å². The van der Waals surface area contributed by atoms with E-state index in [0.29, 0.717) is 0 Å². The number of alkyl halides is 3. The van der Waals surface area contributed by atoms with Crippen LogP contribution in [-0.2, 0) is 19.1 Å². The third-order valence-corrected chi connectivity index (χ3v) is 2.39. The van der Waals surface area contributed by atoms with Crippen LogP contribution in [0.1, 0.15) is 6.42 Å². The summed E-state index contributed by atoms with van der Waals surface area (Å²) in [6.07, 6.45) is -2.19. The molecule has 1 aliphatic rings. The van der Waals surface area contributed by atoms with E-state index in [1.807, 2.05) is 0 Å². The summed E-state index contributed by atoms with van der Waals surface area (Å²) in [6.45, 7) is 0. The van der Waals surface area contributed by atoms with E-state index in [2.05, 4.69) is 4.74 Å². The lowest BCUT2D eigenvalue weighted by molar-refractivity contribution is -0.148. The van der Waals surface area contributed by atoms with E-state index in [1.54, 1.807) is 0 Å². The Morgan fingerprint density at radius 3 is 2.27 bits per heavy atom. The zero-order valence-electron chi connectivity index (χ0n) is 7.08. The molecule has 15 heavy (non-hydrogen) atoms. The number of cyclic esters (lactones) is 1. The van der Waals surface area contributed by atoms with Gasteiger partial charge in [-0.15, -0.1) is 0 Å². The Kier molecular flexibility index (Phi) is 3.48.